The molecule has 0 bridgehead atoms. The number of aromatic nitrogens is 1. The highest BCUT2D eigenvalue weighted by Crippen LogP contribution is 2.34. The van der Waals surface area contributed by atoms with E-state index in [1.54, 1.807) is 0 Å². The Bertz CT molecular complexity index is 1160. The number of nitrogens with zero attached hydrogens (tertiary/aromatic N) is 2. The largest absolute Gasteiger partial charge is 0.487 e. The van der Waals surface area contributed by atoms with Crippen LogP contribution in [0.15, 0.2) is 67.2 Å². The standard InChI is InChI=1S/C29H34N2O2/c1-20-7-10-28(32-19-26-15-21(2)11-13-30-26)27(16-20)24-9-8-23-12-14-31(18-25(23)17-24)22(3)33-29(4,5)6/h7-11,13,15-17H,3,12,14,18-19H2,1-2,4-6H3. The van der Waals surface area contributed by atoms with Crippen LogP contribution < -0.4 is 4.74 Å². The van der Waals surface area contributed by atoms with E-state index in [2.05, 4.69) is 93.5 Å². The molecule has 3 aromatic rings. The van der Waals surface area contributed by atoms with Gasteiger partial charge in [-0.05, 0) is 100 Å². The summed E-state index contributed by atoms with van der Waals surface area (Å²) in [5.41, 5.74) is 8.03. The highest BCUT2D eigenvalue weighted by Gasteiger charge is 2.22. The second kappa shape index (κ2) is 9.30. The Morgan fingerprint density at radius 1 is 1.00 bits per heavy atom. The van der Waals surface area contributed by atoms with Crippen molar-refractivity contribution in [2.45, 2.75) is 59.8 Å². The Morgan fingerprint density at radius 2 is 1.79 bits per heavy atom. The Kier molecular flexibility index (Phi) is 6.46. The molecule has 0 saturated heterocycles. The molecule has 4 nitrogen and oxygen atoms in total. The third-order valence-corrected chi connectivity index (χ3v) is 5.79. The van der Waals surface area contributed by atoms with Gasteiger partial charge in [0.2, 0.25) is 0 Å². The monoisotopic (exact) mass is 442 g/mol. The summed E-state index contributed by atoms with van der Waals surface area (Å²) >= 11 is 0. The van der Waals surface area contributed by atoms with Crippen LogP contribution in [0.25, 0.3) is 11.1 Å². The zero-order valence-corrected chi connectivity index (χ0v) is 20.4. The van der Waals surface area contributed by atoms with E-state index >= 15 is 0 Å². The fourth-order valence-corrected chi connectivity index (χ4v) is 4.18. The average Bonchev–Trinajstić information content (AvgIpc) is 2.76. The fraction of sp³-hybridized carbons (Fsp3) is 0.345. The van der Waals surface area contributed by atoms with Crippen molar-refractivity contribution in [2.75, 3.05) is 6.54 Å². The van der Waals surface area contributed by atoms with E-state index in [9.17, 15) is 0 Å². The van der Waals surface area contributed by atoms with E-state index in [1.165, 1.54) is 22.3 Å². The van der Waals surface area contributed by atoms with Crippen molar-refractivity contribution < 1.29 is 9.47 Å². The molecule has 0 unspecified atom stereocenters. The van der Waals surface area contributed by atoms with Crippen LogP contribution in [0.2, 0.25) is 0 Å². The van der Waals surface area contributed by atoms with Gasteiger partial charge in [-0.1, -0.05) is 23.8 Å². The summed E-state index contributed by atoms with van der Waals surface area (Å²) in [6, 6.07) is 17.2. The number of hydrogen-bond donors (Lipinski definition) is 0. The predicted octanol–water partition coefficient (Wildman–Crippen LogP) is 6.59. The summed E-state index contributed by atoms with van der Waals surface area (Å²) < 4.78 is 12.3. The van der Waals surface area contributed by atoms with E-state index in [1.807, 2.05) is 12.3 Å². The second-order valence-corrected chi connectivity index (χ2v) is 9.88. The first kappa shape index (κ1) is 22.9. The van der Waals surface area contributed by atoms with Gasteiger partial charge in [0.05, 0.1) is 5.69 Å². The highest BCUT2D eigenvalue weighted by atomic mass is 16.5. The van der Waals surface area contributed by atoms with Gasteiger partial charge in [-0.25, -0.2) is 0 Å². The van der Waals surface area contributed by atoms with Crippen LogP contribution in [0, 0.1) is 13.8 Å². The molecule has 2 aromatic carbocycles. The number of rotatable bonds is 6. The molecule has 0 fully saturated rings. The molecule has 1 aromatic heterocycles. The third-order valence-electron chi connectivity index (χ3n) is 5.79. The second-order valence-electron chi connectivity index (χ2n) is 9.88. The summed E-state index contributed by atoms with van der Waals surface area (Å²) in [6.45, 7) is 16.7. The summed E-state index contributed by atoms with van der Waals surface area (Å²) in [4.78, 5) is 6.66. The number of benzene rings is 2. The van der Waals surface area contributed by atoms with Gasteiger partial charge in [0.1, 0.15) is 18.0 Å². The lowest BCUT2D eigenvalue weighted by atomic mass is 9.94. The molecule has 2 heterocycles. The lowest BCUT2D eigenvalue weighted by Crippen LogP contribution is -2.33. The van der Waals surface area contributed by atoms with Gasteiger partial charge < -0.3 is 14.4 Å². The van der Waals surface area contributed by atoms with Crippen LogP contribution in [0.4, 0.5) is 0 Å². The molecule has 4 heteroatoms. The lowest BCUT2D eigenvalue weighted by Gasteiger charge is -2.35. The molecule has 172 valence electrons. The van der Waals surface area contributed by atoms with E-state index in [0.717, 1.165) is 48.0 Å². The zero-order valence-electron chi connectivity index (χ0n) is 20.4. The molecule has 0 N–H and O–H groups in total. The molecule has 4 rings (SSSR count). The number of aryl methyl sites for hydroxylation is 2. The first-order valence-corrected chi connectivity index (χ1v) is 11.6. The van der Waals surface area contributed by atoms with Crippen LogP contribution in [-0.4, -0.2) is 22.0 Å². The Hall–Kier alpha value is -3.27. The number of ether oxygens (including phenoxy) is 2. The van der Waals surface area contributed by atoms with Crippen molar-refractivity contribution in [3.05, 3.63) is 95.1 Å². The topological polar surface area (TPSA) is 34.6 Å². The average molecular weight is 443 g/mol. The van der Waals surface area contributed by atoms with E-state index in [0.29, 0.717) is 6.61 Å². The molecular formula is C29H34N2O2. The molecule has 0 saturated carbocycles. The highest BCUT2D eigenvalue weighted by molar-refractivity contribution is 5.72. The van der Waals surface area contributed by atoms with Crippen LogP contribution in [0.1, 0.15) is 48.7 Å². The number of fused-ring (bicyclic) bond motifs is 1. The van der Waals surface area contributed by atoms with E-state index in [-0.39, 0.29) is 5.60 Å². The number of pyridine rings is 1. The van der Waals surface area contributed by atoms with Crippen molar-refractivity contribution >= 4 is 0 Å². The predicted molar refractivity (Wildman–Crippen MR) is 134 cm³/mol. The van der Waals surface area contributed by atoms with E-state index in [4.69, 9.17) is 9.47 Å². The van der Waals surface area contributed by atoms with Crippen molar-refractivity contribution in [3.63, 3.8) is 0 Å². The maximum atomic E-state index is 6.24. The molecule has 0 spiro atoms. The molecule has 0 atom stereocenters. The van der Waals surface area contributed by atoms with Crippen LogP contribution in [0.5, 0.6) is 5.75 Å². The Labute approximate surface area is 197 Å². The normalized spacial score (nSPS) is 13.4. The van der Waals surface area contributed by atoms with E-state index < -0.39 is 0 Å². The molecule has 1 aliphatic heterocycles. The van der Waals surface area contributed by atoms with Crippen molar-refractivity contribution in [1.82, 2.24) is 9.88 Å². The SMILES string of the molecule is C=C(OC(C)(C)C)N1CCc2ccc(-c3cc(C)ccc3OCc3cc(C)ccn3)cc2C1. The van der Waals surface area contributed by atoms with Crippen molar-refractivity contribution in [3.8, 4) is 16.9 Å². The molecule has 0 radical (unpaired) electrons. The quantitative estimate of drug-likeness (QED) is 0.403. The van der Waals surface area contributed by atoms with Gasteiger partial charge in [-0.15, -0.1) is 0 Å². The van der Waals surface area contributed by atoms with Crippen LogP contribution in [0.3, 0.4) is 0 Å². The van der Waals surface area contributed by atoms with Gasteiger partial charge in [0.25, 0.3) is 0 Å². The minimum Gasteiger partial charge on any atom is -0.487 e. The summed E-state index contributed by atoms with van der Waals surface area (Å²) in [5.74, 6) is 1.61. The minimum absolute atomic E-state index is 0.251. The summed E-state index contributed by atoms with van der Waals surface area (Å²) in [5, 5.41) is 0. The maximum Gasteiger partial charge on any atom is 0.182 e. The van der Waals surface area contributed by atoms with Gasteiger partial charge >= 0.3 is 0 Å². The van der Waals surface area contributed by atoms with Gasteiger partial charge in [-0.2, -0.15) is 0 Å². The number of hydrogen-bond acceptors (Lipinski definition) is 4. The first-order chi connectivity index (χ1) is 15.7. The van der Waals surface area contributed by atoms with Crippen LogP contribution in [-0.2, 0) is 24.3 Å². The maximum absolute atomic E-state index is 6.24. The van der Waals surface area contributed by atoms with Crippen LogP contribution >= 0.6 is 0 Å². The fourth-order valence-electron chi connectivity index (χ4n) is 4.18. The molecule has 33 heavy (non-hydrogen) atoms. The summed E-state index contributed by atoms with van der Waals surface area (Å²) in [7, 11) is 0. The smallest absolute Gasteiger partial charge is 0.182 e. The van der Waals surface area contributed by atoms with Crippen molar-refractivity contribution in [2.24, 2.45) is 0 Å². The Balaban J connectivity index is 1.58. The van der Waals surface area contributed by atoms with Crippen molar-refractivity contribution in [1.29, 1.82) is 0 Å². The third kappa shape index (κ3) is 5.75. The molecule has 0 aliphatic carbocycles. The zero-order chi connectivity index (χ0) is 23.6. The molecule has 0 amide bonds. The Morgan fingerprint density at radius 3 is 2.55 bits per heavy atom. The summed E-state index contributed by atoms with van der Waals surface area (Å²) in [6.07, 6.45) is 2.81. The minimum atomic E-state index is -0.251. The lowest BCUT2D eigenvalue weighted by molar-refractivity contribution is -0.000678. The molecule has 1 aliphatic rings. The van der Waals surface area contributed by atoms with Gasteiger partial charge in [-0.3, -0.25) is 4.98 Å². The van der Waals surface area contributed by atoms with Gasteiger partial charge in [0, 0.05) is 24.8 Å². The molecular weight excluding hydrogens is 408 g/mol. The van der Waals surface area contributed by atoms with Gasteiger partial charge in [0.15, 0.2) is 5.88 Å². The first-order valence-electron chi connectivity index (χ1n) is 11.6.